The Morgan fingerprint density at radius 1 is 1.17 bits per heavy atom. The van der Waals surface area contributed by atoms with Gasteiger partial charge in [-0.15, -0.1) is 0 Å². The number of anilines is 1. The number of aromatic nitrogens is 3. The van der Waals surface area contributed by atoms with Gasteiger partial charge in [0.2, 0.25) is 5.91 Å². The van der Waals surface area contributed by atoms with Crippen molar-refractivity contribution >= 4 is 22.6 Å². The number of allylic oxidation sites excluding steroid dienone is 1. The van der Waals surface area contributed by atoms with E-state index >= 15 is 0 Å². The molecule has 0 saturated heterocycles. The highest BCUT2D eigenvalue weighted by molar-refractivity contribution is 5.98. The minimum atomic E-state index is -0.188. The molecule has 122 valence electrons. The fourth-order valence-corrected chi connectivity index (χ4v) is 2.73. The highest BCUT2D eigenvalue weighted by Gasteiger charge is 2.13. The van der Waals surface area contributed by atoms with Gasteiger partial charge < -0.3 is 5.32 Å². The van der Waals surface area contributed by atoms with Crippen molar-refractivity contribution in [2.24, 2.45) is 0 Å². The molecular formula is C19H20N4O. The van der Waals surface area contributed by atoms with Gasteiger partial charge in [0.25, 0.3) is 0 Å². The third-order valence-corrected chi connectivity index (χ3v) is 3.85. The summed E-state index contributed by atoms with van der Waals surface area (Å²) < 4.78 is 1.68. The zero-order chi connectivity index (χ0) is 17.3. The first-order valence-corrected chi connectivity index (χ1v) is 7.87. The van der Waals surface area contributed by atoms with Crippen molar-refractivity contribution in [1.82, 2.24) is 14.8 Å². The number of amides is 1. The van der Waals surface area contributed by atoms with Crippen LogP contribution in [0.3, 0.4) is 0 Å². The molecule has 0 bridgehead atoms. The van der Waals surface area contributed by atoms with Crippen LogP contribution < -0.4 is 5.32 Å². The van der Waals surface area contributed by atoms with Gasteiger partial charge in [0.15, 0.2) is 5.82 Å². The second kappa shape index (κ2) is 6.28. The van der Waals surface area contributed by atoms with E-state index in [1.807, 2.05) is 38.1 Å². The molecule has 0 unspecified atom stereocenters. The zero-order valence-electron chi connectivity index (χ0n) is 14.3. The molecule has 5 heteroatoms. The maximum absolute atomic E-state index is 11.9. The van der Waals surface area contributed by atoms with Crippen molar-refractivity contribution in [3.63, 3.8) is 0 Å². The van der Waals surface area contributed by atoms with Crippen LogP contribution >= 0.6 is 0 Å². The van der Waals surface area contributed by atoms with Crippen molar-refractivity contribution in [3.05, 3.63) is 59.3 Å². The van der Waals surface area contributed by atoms with Crippen LogP contribution in [0.5, 0.6) is 0 Å². The van der Waals surface area contributed by atoms with Crippen LogP contribution in [-0.2, 0) is 4.79 Å². The number of benzene rings is 1. The number of nitrogens with zero attached hydrogens (tertiary/aromatic N) is 3. The molecule has 0 fully saturated rings. The van der Waals surface area contributed by atoms with Crippen molar-refractivity contribution in [2.75, 3.05) is 5.32 Å². The quantitative estimate of drug-likeness (QED) is 0.745. The molecule has 3 rings (SSSR count). The van der Waals surface area contributed by atoms with E-state index in [1.54, 1.807) is 17.7 Å². The molecule has 2 aromatic heterocycles. The van der Waals surface area contributed by atoms with E-state index in [4.69, 9.17) is 4.98 Å². The number of hydrogen-bond donors (Lipinski definition) is 1. The van der Waals surface area contributed by atoms with Gasteiger partial charge in [0, 0.05) is 11.5 Å². The molecule has 0 aliphatic carbocycles. The predicted octanol–water partition coefficient (Wildman–Crippen LogP) is 3.86. The van der Waals surface area contributed by atoms with E-state index in [0.717, 1.165) is 27.7 Å². The van der Waals surface area contributed by atoms with Crippen LogP contribution in [0.1, 0.15) is 23.7 Å². The van der Waals surface area contributed by atoms with E-state index in [1.165, 1.54) is 6.08 Å². The number of nitrogens with one attached hydrogen (secondary N) is 1. The van der Waals surface area contributed by atoms with Gasteiger partial charge in [0.1, 0.15) is 5.82 Å². The van der Waals surface area contributed by atoms with Gasteiger partial charge in [-0.2, -0.15) is 9.78 Å². The number of carbonyl (C=O) groups is 1. The van der Waals surface area contributed by atoms with Gasteiger partial charge in [-0.25, -0.2) is 4.98 Å². The molecule has 0 aliphatic heterocycles. The van der Waals surface area contributed by atoms with Crippen molar-refractivity contribution in [2.45, 2.75) is 27.7 Å². The van der Waals surface area contributed by atoms with Crippen molar-refractivity contribution in [3.8, 4) is 5.82 Å². The first-order chi connectivity index (χ1) is 11.5. The standard InChI is InChI=1S/C19H20N4O/c1-5-7-18(24)20-17-11-14(4)22-23(17)16-10-13(3)15-9-6-8-12(2)19(15)21-16/h5-11H,1-4H3,(H,20,24)/b7-5+. The van der Waals surface area contributed by atoms with Gasteiger partial charge >= 0.3 is 0 Å². The zero-order valence-corrected chi connectivity index (χ0v) is 14.3. The lowest BCUT2D eigenvalue weighted by molar-refractivity contribution is -0.111. The van der Waals surface area contributed by atoms with Gasteiger partial charge in [0.05, 0.1) is 11.2 Å². The van der Waals surface area contributed by atoms with Crippen LogP contribution in [0.15, 0.2) is 42.5 Å². The summed E-state index contributed by atoms with van der Waals surface area (Å²) in [5, 5.41) is 8.46. The molecule has 24 heavy (non-hydrogen) atoms. The molecule has 5 nitrogen and oxygen atoms in total. The summed E-state index contributed by atoms with van der Waals surface area (Å²) >= 11 is 0. The lowest BCUT2D eigenvalue weighted by Crippen LogP contribution is -2.13. The Morgan fingerprint density at radius 2 is 1.96 bits per heavy atom. The maximum Gasteiger partial charge on any atom is 0.249 e. The Balaban J connectivity index is 2.14. The number of hydrogen-bond acceptors (Lipinski definition) is 3. The van der Waals surface area contributed by atoms with Crippen molar-refractivity contribution in [1.29, 1.82) is 0 Å². The highest BCUT2D eigenvalue weighted by atomic mass is 16.1. The minimum Gasteiger partial charge on any atom is -0.307 e. The predicted molar refractivity (Wildman–Crippen MR) is 96.5 cm³/mol. The molecular weight excluding hydrogens is 300 g/mol. The molecule has 1 amide bonds. The average molecular weight is 320 g/mol. The minimum absolute atomic E-state index is 0.188. The Hall–Kier alpha value is -2.95. The Labute approximate surface area is 141 Å². The number of fused-ring (bicyclic) bond motifs is 1. The summed E-state index contributed by atoms with van der Waals surface area (Å²) in [7, 11) is 0. The smallest absolute Gasteiger partial charge is 0.249 e. The fraction of sp³-hybridized carbons (Fsp3) is 0.211. The van der Waals surface area contributed by atoms with Crippen molar-refractivity contribution < 1.29 is 4.79 Å². The Bertz CT molecular complexity index is 953. The normalized spacial score (nSPS) is 11.3. The largest absolute Gasteiger partial charge is 0.307 e. The molecule has 3 aromatic rings. The molecule has 0 atom stereocenters. The molecule has 0 aliphatic rings. The summed E-state index contributed by atoms with van der Waals surface area (Å²) in [4.78, 5) is 16.6. The first kappa shape index (κ1) is 15.9. The molecule has 1 N–H and O–H groups in total. The number of aryl methyl sites for hydroxylation is 3. The third kappa shape index (κ3) is 2.93. The van der Waals surface area contributed by atoms with Crippen LogP contribution in [0.25, 0.3) is 16.7 Å². The molecule has 0 saturated carbocycles. The SMILES string of the molecule is C/C=C/C(=O)Nc1cc(C)nn1-c1cc(C)c2cccc(C)c2n1. The van der Waals surface area contributed by atoms with Gasteiger partial charge in [-0.05, 0) is 51.0 Å². The number of rotatable bonds is 3. The van der Waals surface area contributed by atoms with Gasteiger partial charge in [-0.1, -0.05) is 24.3 Å². The first-order valence-electron chi connectivity index (χ1n) is 7.87. The molecule has 0 spiro atoms. The van der Waals surface area contributed by atoms with E-state index in [9.17, 15) is 4.79 Å². The fourth-order valence-electron chi connectivity index (χ4n) is 2.73. The lowest BCUT2D eigenvalue weighted by Gasteiger charge is -2.11. The highest BCUT2D eigenvalue weighted by Crippen LogP contribution is 2.24. The Morgan fingerprint density at radius 3 is 2.71 bits per heavy atom. The summed E-state index contributed by atoms with van der Waals surface area (Å²) in [5.41, 5.74) is 4.00. The number of para-hydroxylation sites is 1. The van der Waals surface area contributed by atoms with Crippen LogP contribution in [-0.4, -0.2) is 20.7 Å². The van der Waals surface area contributed by atoms with E-state index in [0.29, 0.717) is 11.6 Å². The van der Waals surface area contributed by atoms with E-state index in [-0.39, 0.29) is 5.91 Å². The monoisotopic (exact) mass is 320 g/mol. The van der Waals surface area contributed by atoms with Gasteiger partial charge in [-0.3, -0.25) is 4.79 Å². The van der Waals surface area contributed by atoms with E-state index < -0.39 is 0 Å². The van der Waals surface area contributed by atoms with E-state index in [2.05, 4.69) is 23.4 Å². The summed E-state index contributed by atoms with van der Waals surface area (Å²) in [6, 6.07) is 9.96. The van der Waals surface area contributed by atoms with Crippen LogP contribution in [0, 0.1) is 20.8 Å². The van der Waals surface area contributed by atoms with Crippen LogP contribution in [0.2, 0.25) is 0 Å². The maximum atomic E-state index is 11.9. The molecule has 0 radical (unpaired) electrons. The molecule has 1 aromatic carbocycles. The summed E-state index contributed by atoms with van der Waals surface area (Å²) in [5.74, 6) is 1.11. The number of carbonyl (C=O) groups excluding carboxylic acids is 1. The Kier molecular flexibility index (Phi) is 4.16. The number of pyridine rings is 1. The molecule has 2 heterocycles. The summed E-state index contributed by atoms with van der Waals surface area (Å²) in [6.45, 7) is 7.79. The topological polar surface area (TPSA) is 59.8 Å². The third-order valence-electron chi connectivity index (χ3n) is 3.85. The second-order valence-electron chi connectivity index (χ2n) is 5.84. The average Bonchev–Trinajstić information content (AvgIpc) is 2.89. The van der Waals surface area contributed by atoms with Crippen LogP contribution in [0.4, 0.5) is 5.82 Å². The lowest BCUT2D eigenvalue weighted by atomic mass is 10.1. The second-order valence-corrected chi connectivity index (χ2v) is 5.84. The summed E-state index contributed by atoms with van der Waals surface area (Å²) in [6.07, 6.45) is 3.18.